The number of fused-ring (bicyclic) bond motifs is 1. The molecular weight excluding hydrogens is 501 g/mol. The number of carbonyl (C=O) groups excluding carboxylic acids is 1. The maximum absolute atomic E-state index is 14.8. The van der Waals surface area contributed by atoms with E-state index in [0.717, 1.165) is 47.6 Å². The van der Waals surface area contributed by atoms with Crippen molar-refractivity contribution in [2.24, 2.45) is 0 Å². The van der Waals surface area contributed by atoms with E-state index in [-0.39, 0.29) is 11.5 Å². The number of hydrogen-bond acceptors (Lipinski definition) is 5. The molecule has 10 heteroatoms. The molecule has 3 aromatic carbocycles. The Balaban J connectivity index is 1.36. The van der Waals surface area contributed by atoms with Crippen LogP contribution in [0.5, 0.6) is 0 Å². The third kappa shape index (κ3) is 4.41. The molecule has 0 atom stereocenters. The van der Waals surface area contributed by atoms with Crippen molar-refractivity contribution < 1.29 is 9.18 Å². The fourth-order valence-electron chi connectivity index (χ4n) is 4.08. The van der Waals surface area contributed by atoms with Crippen LogP contribution in [0.25, 0.3) is 16.5 Å². The summed E-state index contributed by atoms with van der Waals surface area (Å²) in [4.78, 5) is 14.8. The molecule has 2 N–H and O–H groups in total. The van der Waals surface area contributed by atoms with Crippen molar-refractivity contribution >= 4 is 44.1 Å². The Kier molecular flexibility index (Phi) is 6.06. The topological polar surface area (TPSA) is 99.8 Å². The number of anilines is 1. The van der Waals surface area contributed by atoms with Crippen molar-refractivity contribution in [3.05, 3.63) is 76.3 Å². The van der Waals surface area contributed by atoms with Gasteiger partial charge < -0.3 is 10.2 Å². The van der Waals surface area contributed by atoms with Crippen LogP contribution in [0.4, 0.5) is 10.1 Å². The summed E-state index contributed by atoms with van der Waals surface area (Å²) in [6.07, 6.45) is 3.21. The summed E-state index contributed by atoms with van der Waals surface area (Å²) in [6, 6.07) is 15.8. The molecule has 0 bridgehead atoms. The number of amides is 1. The van der Waals surface area contributed by atoms with E-state index in [4.69, 9.17) is 5.41 Å². The molecular formula is C24H21BrFN7O. The summed E-state index contributed by atoms with van der Waals surface area (Å²) in [5.74, 6) is -1.04. The van der Waals surface area contributed by atoms with Gasteiger partial charge in [-0.25, -0.2) is 4.39 Å². The number of hydrogen-bond donors (Lipinski definition) is 2. The highest BCUT2D eigenvalue weighted by atomic mass is 79.9. The SMILES string of the molecule is N=C(c1ccc(NC(=O)c2nnnn2-c2ccc3cc(Br)ccc3c2)c(F)c1)N1CCCCC1. The predicted octanol–water partition coefficient (Wildman–Crippen LogP) is 4.78. The number of likely N-dealkylation sites (tertiary alicyclic amines) is 1. The number of aromatic nitrogens is 4. The number of tetrazole rings is 1. The van der Waals surface area contributed by atoms with Gasteiger partial charge in [0.25, 0.3) is 5.91 Å². The van der Waals surface area contributed by atoms with Crippen LogP contribution >= 0.6 is 15.9 Å². The zero-order chi connectivity index (χ0) is 23.7. The van der Waals surface area contributed by atoms with E-state index in [1.807, 2.05) is 41.3 Å². The van der Waals surface area contributed by atoms with Gasteiger partial charge in [-0.3, -0.25) is 10.2 Å². The fourth-order valence-corrected chi connectivity index (χ4v) is 4.46. The maximum Gasteiger partial charge on any atom is 0.295 e. The lowest BCUT2D eigenvalue weighted by Gasteiger charge is -2.29. The Morgan fingerprint density at radius 1 is 1.00 bits per heavy atom. The van der Waals surface area contributed by atoms with Gasteiger partial charge in [-0.15, -0.1) is 5.10 Å². The van der Waals surface area contributed by atoms with Gasteiger partial charge in [0.05, 0.1) is 11.4 Å². The standard InChI is InChI=1S/C24H21BrFN7O/c25-18-7-4-16-13-19(8-5-15(16)12-18)33-23(29-30-31-33)24(34)28-21-9-6-17(14-20(21)26)22(27)32-10-2-1-3-11-32/h4-9,12-14,27H,1-3,10-11H2,(H,28,34). The molecule has 2 heterocycles. The number of nitrogens with zero attached hydrogens (tertiary/aromatic N) is 5. The normalized spacial score (nSPS) is 13.8. The molecule has 1 aliphatic rings. The second kappa shape index (κ2) is 9.30. The number of carbonyl (C=O) groups is 1. The first-order valence-corrected chi connectivity index (χ1v) is 11.7. The van der Waals surface area contributed by atoms with Crippen LogP contribution in [-0.4, -0.2) is 49.9 Å². The molecule has 1 aliphatic heterocycles. The Morgan fingerprint density at radius 3 is 2.56 bits per heavy atom. The van der Waals surface area contributed by atoms with E-state index >= 15 is 0 Å². The molecule has 1 aromatic heterocycles. The molecule has 172 valence electrons. The number of nitrogens with one attached hydrogen (secondary N) is 2. The number of halogens is 2. The van der Waals surface area contributed by atoms with Crippen LogP contribution in [0.3, 0.4) is 0 Å². The van der Waals surface area contributed by atoms with E-state index in [1.54, 1.807) is 6.07 Å². The summed E-state index contributed by atoms with van der Waals surface area (Å²) >= 11 is 3.45. The van der Waals surface area contributed by atoms with Gasteiger partial charge in [0.1, 0.15) is 11.7 Å². The Morgan fingerprint density at radius 2 is 1.76 bits per heavy atom. The summed E-state index contributed by atoms with van der Waals surface area (Å²) < 4.78 is 17.1. The summed E-state index contributed by atoms with van der Waals surface area (Å²) in [5, 5.41) is 24.3. The van der Waals surface area contributed by atoms with Crippen molar-refractivity contribution in [3.63, 3.8) is 0 Å². The molecule has 0 aliphatic carbocycles. The van der Waals surface area contributed by atoms with Crippen LogP contribution in [0, 0.1) is 11.2 Å². The minimum Gasteiger partial charge on any atom is -0.357 e. The number of amidine groups is 1. The number of rotatable bonds is 4. The highest BCUT2D eigenvalue weighted by molar-refractivity contribution is 9.10. The molecule has 4 aromatic rings. The van der Waals surface area contributed by atoms with Gasteiger partial charge in [0.15, 0.2) is 0 Å². The Bertz CT molecular complexity index is 1400. The molecule has 5 rings (SSSR count). The van der Waals surface area contributed by atoms with Gasteiger partial charge in [-0.05, 0) is 82.9 Å². The maximum atomic E-state index is 14.8. The number of benzene rings is 3. The molecule has 1 saturated heterocycles. The van der Waals surface area contributed by atoms with Crippen molar-refractivity contribution in [3.8, 4) is 5.69 Å². The lowest BCUT2D eigenvalue weighted by atomic mass is 10.1. The zero-order valence-electron chi connectivity index (χ0n) is 18.1. The highest BCUT2D eigenvalue weighted by Crippen LogP contribution is 2.23. The van der Waals surface area contributed by atoms with E-state index < -0.39 is 11.7 Å². The smallest absolute Gasteiger partial charge is 0.295 e. The minimum absolute atomic E-state index is 0.00175. The third-order valence-corrected chi connectivity index (χ3v) is 6.36. The second-order valence-electron chi connectivity index (χ2n) is 8.14. The van der Waals surface area contributed by atoms with Crippen LogP contribution in [-0.2, 0) is 0 Å². The molecule has 0 spiro atoms. The first kappa shape index (κ1) is 22.1. The van der Waals surface area contributed by atoms with Crippen molar-refractivity contribution in [2.75, 3.05) is 18.4 Å². The van der Waals surface area contributed by atoms with Gasteiger partial charge in [0.2, 0.25) is 5.82 Å². The van der Waals surface area contributed by atoms with Crippen LogP contribution in [0.15, 0.2) is 59.1 Å². The van der Waals surface area contributed by atoms with E-state index in [0.29, 0.717) is 17.1 Å². The van der Waals surface area contributed by atoms with E-state index in [2.05, 4.69) is 36.8 Å². The van der Waals surface area contributed by atoms with E-state index in [9.17, 15) is 9.18 Å². The molecule has 0 unspecified atom stereocenters. The molecule has 0 radical (unpaired) electrons. The van der Waals surface area contributed by atoms with Gasteiger partial charge >= 0.3 is 0 Å². The average molecular weight is 522 g/mol. The van der Waals surface area contributed by atoms with Crippen LogP contribution < -0.4 is 5.32 Å². The summed E-state index contributed by atoms with van der Waals surface area (Å²) in [5.41, 5.74) is 1.08. The lowest BCUT2D eigenvalue weighted by molar-refractivity contribution is 0.101. The van der Waals surface area contributed by atoms with Gasteiger partial charge in [-0.1, -0.05) is 28.1 Å². The first-order valence-electron chi connectivity index (χ1n) is 10.9. The summed E-state index contributed by atoms with van der Waals surface area (Å²) in [7, 11) is 0. The summed E-state index contributed by atoms with van der Waals surface area (Å²) in [6.45, 7) is 1.60. The fraction of sp³-hybridized carbons (Fsp3) is 0.208. The number of piperidine rings is 1. The van der Waals surface area contributed by atoms with Crippen molar-refractivity contribution in [2.45, 2.75) is 19.3 Å². The molecule has 34 heavy (non-hydrogen) atoms. The van der Waals surface area contributed by atoms with Crippen LogP contribution in [0.2, 0.25) is 0 Å². The van der Waals surface area contributed by atoms with Gasteiger partial charge in [-0.2, -0.15) is 4.68 Å². The van der Waals surface area contributed by atoms with Crippen LogP contribution in [0.1, 0.15) is 35.4 Å². The third-order valence-electron chi connectivity index (χ3n) is 5.87. The monoisotopic (exact) mass is 521 g/mol. The molecule has 1 fully saturated rings. The molecule has 8 nitrogen and oxygen atoms in total. The highest BCUT2D eigenvalue weighted by Gasteiger charge is 2.20. The molecule has 0 saturated carbocycles. The second-order valence-corrected chi connectivity index (χ2v) is 9.05. The van der Waals surface area contributed by atoms with Crippen molar-refractivity contribution in [1.82, 2.24) is 25.1 Å². The van der Waals surface area contributed by atoms with Crippen molar-refractivity contribution in [1.29, 1.82) is 5.41 Å². The molecule has 1 amide bonds. The lowest BCUT2D eigenvalue weighted by Crippen LogP contribution is -2.35. The zero-order valence-corrected chi connectivity index (χ0v) is 19.7. The van der Waals surface area contributed by atoms with E-state index in [1.165, 1.54) is 16.8 Å². The largest absolute Gasteiger partial charge is 0.357 e. The minimum atomic E-state index is -0.640. The predicted molar refractivity (Wildman–Crippen MR) is 131 cm³/mol. The first-order chi connectivity index (χ1) is 16.5. The van der Waals surface area contributed by atoms with Gasteiger partial charge in [0, 0.05) is 23.1 Å². The average Bonchev–Trinajstić information content (AvgIpc) is 3.35. The quantitative estimate of drug-likeness (QED) is 0.297. The Labute approximate surface area is 203 Å². The Hall–Kier alpha value is -3.66.